The van der Waals surface area contributed by atoms with Crippen LogP contribution in [-0.2, 0) is 6.42 Å². The molecule has 0 bridgehead atoms. The van der Waals surface area contributed by atoms with Gasteiger partial charge in [0, 0.05) is 12.1 Å². The maximum atomic E-state index is 12.2. The molecule has 1 aromatic heterocycles. The van der Waals surface area contributed by atoms with Crippen LogP contribution >= 0.6 is 0 Å². The number of anilines is 2. The molecule has 6 heteroatoms. The van der Waals surface area contributed by atoms with E-state index in [1.165, 1.54) is 5.56 Å². The van der Waals surface area contributed by atoms with Crippen molar-refractivity contribution in [1.29, 1.82) is 0 Å². The van der Waals surface area contributed by atoms with E-state index >= 15 is 0 Å². The molecule has 0 fully saturated rings. The number of aryl methyl sites for hydroxylation is 1. The number of nitrogens with one attached hydrogen (secondary N) is 2. The minimum absolute atomic E-state index is 0.202. The highest BCUT2D eigenvalue weighted by atomic mass is 16.5. The summed E-state index contributed by atoms with van der Waals surface area (Å²) in [5, 5.41) is 14.1. The molecule has 3 rings (SSSR count). The summed E-state index contributed by atoms with van der Waals surface area (Å²) in [7, 11) is 1.66. The van der Waals surface area contributed by atoms with E-state index in [0.717, 1.165) is 24.3 Å². The Balaban J connectivity index is 1.51. The lowest BCUT2D eigenvalue weighted by atomic mass is 10.1. The van der Waals surface area contributed by atoms with E-state index in [9.17, 15) is 4.79 Å². The first-order valence-corrected chi connectivity index (χ1v) is 8.72. The molecule has 3 aromatic rings. The van der Waals surface area contributed by atoms with Crippen LogP contribution in [0.25, 0.3) is 0 Å². The lowest BCUT2D eigenvalue weighted by Crippen LogP contribution is -2.14. The molecule has 0 saturated carbocycles. The largest absolute Gasteiger partial charge is 0.497 e. The van der Waals surface area contributed by atoms with Crippen molar-refractivity contribution in [3.63, 3.8) is 0 Å². The smallest absolute Gasteiger partial charge is 0.256 e. The average molecular weight is 362 g/mol. The van der Waals surface area contributed by atoms with E-state index in [1.807, 2.05) is 43.3 Å². The molecule has 27 heavy (non-hydrogen) atoms. The fraction of sp³-hybridized carbons (Fsp3) is 0.190. The minimum atomic E-state index is -0.202. The van der Waals surface area contributed by atoms with Gasteiger partial charge in [0.05, 0.1) is 7.11 Å². The normalized spacial score (nSPS) is 10.3. The van der Waals surface area contributed by atoms with E-state index in [0.29, 0.717) is 17.2 Å². The Bertz CT molecular complexity index is 910. The Morgan fingerprint density at radius 2 is 1.78 bits per heavy atom. The van der Waals surface area contributed by atoms with Crippen molar-refractivity contribution >= 4 is 17.5 Å². The molecule has 2 aromatic carbocycles. The molecule has 2 N–H and O–H groups in total. The number of ether oxygens (including phenoxy) is 1. The van der Waals surface area contributed by atoms with E-state index in [1.54, 1.807) is 25.3 Å². The number of benzene rings is 2. The van der Waals surface area contributed by atoms with Crippen molar-refractivity contribution < 1.29 is 9.53 Å². The zero-order valence-corrected chi connectivity index (χ0v) is 15.4. The number of hydrogen-bond donors (Lipinski definition) is 2. The predicted octanol–water partition coefficient (Wildman–Crippen LogP) is 3.70. The van der Waals surface area contributed by atoms with Gasteiger partial charge < -0.3 is 15.4 Å². The van der Waals surface area contributed by atoms with Gasteiger partial charge in [-0.1, -0.05) is 29.8 Å². The van der Waals surface area contributed by atoms with Gasteiger partial charge in [-0.15, -0.1) is 10.2 Å². The van der Waals surface area contributed by atoms with Crippen LogP contribution in [0.1, 0.15) is 21.5 Å². The summed E-state index contributed by atoms with van der Waals surface area (Å²) >= 11 is 0. The fourth-order valence-corrected chi connectivity index (χ4v) is 2.63. The second kappa shape index (κ2) is 8.80. The van der Waals surface area contributed by atoms with Gasteiger partial charge in [0.1, 0.15) is 11.6 Å². The van der Waals surface area contributed by atoms with E-state index in [-0.39, 0.29) is 5.91 Å². The summed E-state index contributed by atoms with van der Waals surface area (Å²) in [5.74, 6) is 1.72. The maximum Gasteiger partial charge on any atom is 0.256 e. The van der Waals surface area contributed by atoms with Gasteiger partial charge in [0.25, 0.3) is 5.91 Å². The van der Waals surface area contributed by atoms with Gasteiger partial charge in [-0.05, 0) is 55.3 Å². The molecule has 0 unspecified atom stereocenters. The number of carbonyl (C=O) groups is 1. The Hall–Kier alpha value is -3.41. The number of hydrogen-bond acceptors (Lipinski definition) is 5. The molecule has 0 aliphatic rings. The van der Waals surface area contributed by atoms with Crippen LogP contribution in [0, 0.1) is 6.92 Å². The highest BCUT2D eigenvalue weighted by Crippen LogP contribution is 2.13. The lowest BCUT2D eigenvalue weighted by molar-refractivity contribution is 0.102. The molecular formula is C21H22N4O2. The number of carbonyl (C=O) groups excluding carboxylic acids is 1. The quantitative estimate of drug-likeness (QED) is 0.670. The Labute approximate surface area is 158 Å². The van der Waals surface area contributed by atoms with Crippen molar-refractivity contribution in [3.8, 4) is 5.75 Å². The van der Waals surface area contributed by atoms with Crippen LogP contribution < -0.4 is 15.4 Å². The van der Waals surface area contributed by atoms with Crippen molar-refractivity contribution in [1.82, 2.24) is 10.2 Å². The number of nitrogens with zero attached hydrogens (tertiary/aromatic N) is 2. The number of amides is 1. The summed E-state index contributed by atoms with van der Waals surface area (Å²) in [6, 6.07) is 18.9. The molecule has 1 amide bonds. The second-order valence-electron chi connectivity index (χ2n) is 6.16. The van der Waals surface area contributed by atoms with E-state index in [4.69, 9.17) is 4.74 Å². The first-order chi connectivity index (χ1) is 13.1. The number of rotatable bonds is 7. The summed E-state index contributed by atoms with van der Waals surface area (Å²) in [4.78, 5) is 12.2. The van der Waals surface area contributed by atoms with Crippen molar-refractivity contribution in [2.75, 3.05) is 24.3 Å². The highest BCUT2D eigenvalue weighted by Gasteiger charge is 2.07. The number of methoxy groups -OCH3 is 1. The van der Waals surface area contributed by atoms with Crippen molar-refractivity contribution in [2.45, 2.75) is 13.3 Å². The first kappa shape index (κ1) is 18.4. The average Bonchev–Trinajstić information content (AvgIpc) is 2.69. The van der Waals surface area contributed by atoms with Crippen LogP contribution in [0.2, 0.25) is 0 Å². The second-order valence-corrected chi connectivity index (χ2v) is 6.16. The SMILES string of the molecule is COc1cccc(CCNc2ccc(NC(=O)c3cccc(C)c3)nn2)c1. The van der Waals surface area contributed by atoms with Gasteiger partial charge in [0.15, 0.2) is 5.82 Å². The van der Waals surface area contributed by atoms with Crippen LogP contribution in [0.3, 0.4) is 0 Å². The van der Waals surface area contributed by atoms with Crippen molar-refractivity contribution in [3.05, 3.63) is 77.4 Å². The summed E-state index contributed by atoms with van der Waals surface area (Å²) in [6.07, 6.45) is 0.838. The van der Waals surface area contributed by atoms with Crippen molar-refractivity contribution in [2.24, 2.45) is 0 Å². The van der Waals surface area contributed by atoms with Crippen LogP contribution in [0.4, 0.5) is 11.6 Å². The molecule has 0 saturated heterocycles. The molecule has 138 valence electrons. The summed E-state index contributed by atoms with van der Waals surface area (Å²) in [6.45, 7) is 2.67. The molecule has 6 nitrogen and oxygen atoms in total. The zero-order chi connectivity index (χ0) is 19.1. The Morgan fingerprint density at radius 3 is 2.52 bits per heavy atom. The lowest BCUT2D eigenvalue weighted by Gasteiger charge is -2.08. The molecular weight excluding hydrogens is 340 g/mol. The van der Waals surface area contributed by atoms with Gasteiger partial charge in [-0.25, -0.2) is 0 Å². The first-order valence-electron chi connectivity index (χ1n) is 8.72. The van der Waals surface area contributed by atoms with Crippen LogP contribution in [0.5, 0.6) is 5.75 Å². The predicted molar refractivity (Wildman–Crippen MR) is 106 cm³/mol. The van der Waals surface area contributed by atoms with Crippen LogP contribution in [-0.4, -0.2) is 29.8 Å². The van der Waals surface area contributed by atoms with Gasteiger partial charge >= 0.3 is 0 Å². The molecule has 0 atom stereocenters. The monoisotopic (exact) mass is 362 g/mol. The highest BCUT2D eigenvalue weighted by molar-refractivity contribution is 6.03. The van der Waals surface area contributed by atoms with Gasteiger partial charge in [-0.2, -0.15) is 0 Å². The summed E-state index contributed by atoms with van der Waals surface area (Å²) in [5.41, 5.74) is 2.80. The Kier molecular flexibility index (Phi) is 5.99. The molecule has 0 spiro atoms. The standard InChI is InChI=1S/C21H22N4O2/c1-15-5-3-7-17(13-15)21(26)23-20-10-9-19(24-25-20)22-12-11-16-6-4-8-18(14-16)27-2/h3-10,13-14H,11-12H2,1-2H3,(H,22,24)(H,23,25,26). The van der Waals surface area contributed by atoms with E-state index < -0.39 is 0 Å². The fourth-order valence-electron chi connectivity index (χ4n) is 2.63. The topological polar surface area (TPSA) is 76.1 Å². The maximum absolute atomic E-state index is 12.2. The third-order valence-corrected chi connectivity index (χ3v) is 4.04. The minimum Gasteiger partial charge on any atom is -0.497 e. The van der Waals surface area contributed by atoms with Gasteiger partial charge in [-0.3, -0.25) is 4.79 Å². The number of aromatic nitrogens is 2. The molecule has 0 aliphatic heterocycles. The molecule has 0 radical (unpaired) electrons. The zero-order valence-electron chi connectivity index (χ0n) is 15.4. The van der Waals surface area contributed by atoms with E-state index in [2.05, 4.69) is 26.9 Å². The Morgan fingerprint density at radius 1 is 1.00 bits per heavy atom. The molecule has 0 aliphatic carbocycles. The van der Waals surface area contributed by atoms with Crippen LogP contribution in [0.15, 0.2) is 60.7 Å². The summed E-state index contributed by atoms with van der Waals surface area (Å²) < 4.78 is 5.23. The third kappa shape index (κ3) is 5.28. The molecule has 1 heterocycles. The van der Waals surface area contributed by atoms with Gasteiger partial charge in [0.2, 0.25) is 0 Å². The third-order valence-electron chi connectivity index (χ3n) is 4.04.